The molecule has 1 N–H and O–H groups in total. The van der Waals surface area contributed by atoms with Crippen molar-refractivity contribution in [1.82, 2.24) is 0 Å². The number of amides is 2. The van der Waals surface area contributed by atoms with Crippen molar-refractivity contribution in [1.29, 1.82) is 0 Å². The van der Waals surface area contributed by atoms with Crippen LogP contribution in [0.4, 0.5) is 11.4 Å². The van der Waals surface area contributed by atoms with Crippen molar-refractivity contribution in [3.8, 4) is 5.75 Å². The first-order valence-corrected chi connectivity index (χ1v) is 9.97. The maximum absolute atomic E-state index is 12.4. The van der Waals surface area contributed by atoms with Crippen molar-refractivity contribution in [3.05, 3.63) is 51.5 Å². The molecule has 10 heteroatoms. The smallest absolute Gasteiger partial charge is 0.311 e. The molecule has 1 saturated heterocycles. The zero-order chi connectivity index (χ0) is 21.8. The summed E-state index contributed by atoms with van der Waals surface area (Å²) in [4.78, 5) is 38.3. The summed E-state index contributed by atoms with van der Waals surface area (Å²) in [7, 11) is 1.48. The van der Waals surface area contributed by atoms with Crippen LogP contribution < -0.4 is 15.0 Å². The average Bonchev–Trinajstić information content (AvgIpc) is 3.10. The summed E-state index contributed by atoms with van der Waals surface area (Å²) in [5, 5.41) is 3.65. The topological polar surface area (TPSA) is 84.9 Å². The molecular weight excluding hydrogens is 455 g/mol. The summed E-state index contributed by atoms with van der Waals surface area (Å²) in [6.45, 7) is -0.428. The largest absolute Gasteiger partial charge is 0.495 e. The molecular formula is C20H17Cl3N2O5. The molecule has 0 saturated carbocycles. The predicted molar refractivity (Wildman–Crippen MR) is 115 cm³/mol. The van der Waals surface area contributed by atoms with Gasteiger partial charge in [0.1, 0.15) is 5.75 Å². The lowest BCUT2D eigenvalue weighted by Gasteiger charge is -2.19. The monoisotopic (exact) mass is 470 g/mol. The molecule has 0 radical (unpaired) electrons. The zero-order valence-electron chi connectivity index (χ0n) is 15.8. The lowest BCUT2D eigenvalue weighted by Crippen LogP contribution is -2.28. The van der Waals surface area contributed by atoms with Crippen molar-refractivity contribution < 1.29 is 23.9 Å². The summed E-state index contributed by atoms with van der Waals surface area (Å²) >= 11 is 17.9. The van der Waals surface area contributed by atoms with Crippen molar-refractivity contribution in [2.75, 3.05) is 30.5 Å². The summed E-state index contributed by atoms with van der Waals surface area (Å²) in [6, 6.07) is 9.47. The van der Waals surface area contributed by atoms with Gasteiger partial charge in [-0.3, -0.25) is 14.4 Å². The molecule has 3 rings (SSSR count). The van der Waals surface area contributed by atoms with Crippen LogP contribution in [-0.4, -0.2) is 38.0 Å². The maximum atomic E-state index is 12.4. The highest BCUT2D eigenvalue weighted by Gasteiger charge is 2.37. The number of methoxy groups -OCH3 is 1. The number of anilines is 2. The SMILES string of the molecule is COc1ccc(Cl)cc1N1C[C@H](C(=O)OCC(=O)Nc2cc(Cl)ccc2Cl)CC1=O. The number of esters is 1. The first kappa shape index (κ1) is 22.2. The summed E-state index contributed by atoms with van der Waals surface area (Å²) in [6.07, 6.45) is -0.0454. The van der Waals surface area contributed by atoms with Crippen LogP contribution in [0.25, 0.3) is 0 Å². The van der Waals surface area contributed by atoms with Gasteiger partial charge in [-0.25, -0.2) is 0 Å². The molecule has 2 amide bonds. The third-order valence-electron chi connectivity index (χ3n) is 4.44. The van der Waals surface area contributed by atoms with Gasteiger partial charge in [-0.2, -0.15) is 0 Å². The number of ether oxygens (including phenoxy) is 2. The fourth-order valence-electron chi connectivity index (χ4n) is 3.01. The minimum atomic E-state index is -0.719. The Morgan fingerprint density at radius 2 is 1.83 bits per heavy atom. The third-order valence-corrected chi connectivity index (χ3v) is 5.24. The quantitative estimate of drug-likeness (QED) is 0.639. The second kappa shape index (κ2) is 9.55. The Morgan fingerprint density at radius 3 is 2.57 bits per heavy atom. The Morgan fingerprint density at radius 1 is 1.13 bits per heavy atom. The number of carbonyl (C=O) groups excluding carboxylic acids is 3. The summed E-state index contributed by atoms with van der Waals surface area (Å²) in [5.74, 6) is -1.76. The average molecular weight is 472 g/mol. The molecule has 30 heavy (non-hydrogen) atoms. The minimum absolute atomic E-state index is 0.0454. The van der Waals surface area contributed by atoms with E-state index in [1.807, 2.05) is 0 Å². The van der Waals surface area contributed by atoms with E-state index in [2.05, 4.69) is 5.32 Å². The number of halogens is 3. The van der Waals surface area contributed by atoms with Crippen molar-refractivity contribution >= 4 is 64.0 Å². The van der Waals surface area contributed by atoms with Crippen molar-refractivity contribution in [2.24, 2.45) is 5.92 Å². The van der Waals surface area contributed by atoms with Crippen LogP contribution in [-0.2, 0) is 19.1 Å². The molecule has 0 aliphatic carbocycles. The molecule has 0 unspecified atom stereocenters. The van der Waals surface area contributed by atoms with E-state index in [-0.39, 0.29) is 18.9 Å². The predicted octanol–water partition coefficient (Wildman–Crippen LogP) is 4.19. The molecule has 1 aliphatic heterocycles. The first-order chi connectivity index (χ1) is 14.3. The van der Waals surface area contributed by atoms with Crippen LogP contribution in [0.15, 0.2) is 36.4 Å². The molecule has 1 atom stereocenters. The molecule has 2 aromatic rings. The highest BCUT2D eigenvalue weighted by Crippen LogP contribution is 2.35. The molecule has 1 aliphatic rings. The van der Waals surface area contributed by atoms with Gasteiger partial charge in [0, 0.05) is 23.0 Å². The second-order valence-corrected chi connectivity index (χ2v) is 7.78. The Bertz CT molecular complexity index is 998. The normalized spacial score (nSPS) is 15.8. The van der Waals surface area contributed by atoms with Crippen LogP contribution in [0.5, 0.6) is 5.75 Å². The van der Waals surface area contributed by atoms with Crippen molar-refractivity contribution in [2.45, 2.75) is 6.42 Å². The number of hydrogen-bond donors (Lipinski definition) is 1. The Kier molecular flexibility index (Phi) is 7.07. The van der Waals surface area contributed by atoms with E-state index < -0.39 is 24.4 Å². The van der Waals surface area contributed by atoms with Crippen molar-refractivity contribution in [3.63, 3.8) is 0 Å². The highest BCUT2D eigenvalue weighted by atomic mass is 35.5. The number of rotatable bonds is 6. The third kappa shape index (κ3) is 5.16. The Hall–Kier alpha value is -2.48. The maximum Gasteiger partial charge on any atom is 0.311 e. The fraction of sp³-hybridized carbons (Fsp3) is 0.250. The molecule has 158 valence electrons. The van der Waals surface area contributed by atoms with Gasteiger partial charge < -0.3 is 19.7 Å². The van der Waals surface area contributed by atoms with E-state index in [9.17, 15) is 14.4 Å². The van der Waals surface area contributed by atoms with Gasteiger partial charge in [-0.15, -0.1) is 0 Å². The molecule has 0 spiro atoms. The molecule has 2 aromatic carbocycles. The summed E-state index contributed by atoms with van der Waals surface area (Å²) < 4.78 is 10.3. The summed E-state index contributed by atoms with van der Waals surface area (Å²) in [5.41, 5.74) is 0.777. The molecule has 1 fully saturated rings. The first-order valence-electron chi connectivity index (χ1n) is 8.84. The van der Waals surface area contributed by atoms with Gasteiger partial charge >= 0.3 is 5.97 Å². The van der Waals surface area contributed by atoms with Crippen LogP contribution in [0.2, 0.25) is 15.1 Å². The van der Waals surface area contributed by atoms with E-state index in [0.717, 1.165) is 0 Å². The fourth-order valence-corrected chi connectivity index (χ4v) is 3.51. The Balaban J connectivity index is 1.59. The van der Waals surface area contributed by atoms with Crippen LogP contribution in [0, 0.1) is 5.92 Å². The number of hydrogen-bond acceptors (Lipinski definition) is 5. The van der Waals surface area contributed by atoms with Crippen LogP contribution in [0.1, 0.15) is 6.42 Å². The highest BCUT2D eigenvalue weighted by molar-refractivity contribution is 6.35. The molecule has 0 aromatic heterocycles. The molecule has 0 bridgehead atoms. The lowest BCUT2D eigenvalue weighted by molar-refractivity contribution is -0.151. The van der Waals surface area contributed by atoms with E-state index >= 15 is 0 Å². The van der Waals surface area contributed by atoms with E-state index in [1.165, 1.54) is 24.1 Å². The standard InChI is InChI=1S/C20H17Cl3N2O5/c1-29-17-5-3-13(22)8-16(17)25-9-11(6-19(25)27)20(28)30-10-18(26)24-15-7-12(21)2-4-14(15)23/h2-5,7-8,11H,6,9-10H2,1H3,(H,24,26)/t11-/m1/s1. The Labute approximate surface area is 187 Å². The van der Waals surface area contributed by atoms with Crippen LogP contribution >= 0.6 is 34.8 Å². The van der Waals surface area contributed by atoms with Gasteiger partial charge in [0.25, 0.3) is 5.91 Å². The number of nitrogens with one attached hydrogen (secondary N) is 1. The number of benzene rings is 2. The zero-order valence-corrected chi connectivity index (χ0v) is 18.1. The van der Waals surface area contributed by atoms with Gasteiger partial charge in [0.15, 0.2) is 6.61 Å². The van der Waals surface area contributed by atoms with Crippen LogP contribution in [0.3, 0.4) is 0 Å². The second-order valence-electron chi connectivity index (χ2n) is 6.50. The van der Waals surface area contributed by atoms with Gasteiger partial charge in [0.05, 0.1) is 29.4 Å². The number of nitrogens with zero attached hydrogens (tertiary/aromatic N) is 1. The minimum Gasteiger partial charge on any atom is -0.495 e. The van der Waals surface area contributed by atoms with Gasteiger partial charge in [0.2, 0.25) is 5.91 Å². The molecule has 7 nitrogen and oxygen atoms in total. The van der Waals surface area contributed by atoms with Gasteiger partial charge in [-0.1, -0.05) is 34.8 Å². The van der Waals surface area contributed by atoms with Gasteiger partial charge in [-0.05, 0) is 36.4 Å². The number of carbonyl (C=O) groups is 3. The lowest BCUT2D eigenvalue weighted by atomic mass is 10.1. The molecule has 1 heterocycles. The van der Waals surface area contributed by atoms with E-state index in [0.29, 0.717) is 32.2 Å². The van der Waals surface area contributed by atoms with E-state index in [4.69, 9.17) is 44.3 Å². The van der Waals surface area contributed by atoms with E-state index in [1.54, 1.807) is 24.3 Å².